The monoisotopic (exact) mass is 423 g/mol. The second kappa shape index (κ2) is 11.6. The lowest BCUT2D eigenvalue weighted by molar-refractivity contribution is -0.132. The number of nitrogens with zero attached hydrogens (tertiary/aromatic N) is 1. The molecule has 2 aromatic rings. The fourth-order valence-electron chi connectivity index (χ4n) is 4.35. The summed E-state index contributed by atoms with van der Waals surface area (Å²) in [5.74, 6) is 1.79. The van der Waals surface area contributed by atoms with E-state index in [0.29, 0.717) is 18.2 Å². The van der Waals surface area contributed by atoms with Crippen LogP contribution in [0.15, 0.2) is 48.5 Å². The Bertz CT molecular complexity index is 819. The van der Waals surface area contributed by atoms with Crippen molar-refractivity contribution in [1.29, 1.82) is 0 Å². The van der Waals surface area contributed by atoms with Crippen molar-refractivity contribution in [1.82, 2.24) is 4.90 Å². The minimum atomic E-state index is 0.197. The summed E-state index contributed by atoms with van der Waals surface area (Å²) in [7, 11) is 1.98. The summed E-state index contributed by atoms with van der Waals surface area (Å²) in [5.41, 5.74) is 7.78. The average molecular weight is 424 g/mol. The Morgan fingerprint density at radius 3 is 2.55 bits per heavy atom. The molecule has 3 rings (SSSR count). The third-order valence-electron chi connectivity index (χ3n) is 6.22. The molecule has 1 aliphatic rings. The van der Waals surface area contributed by atoms with Crippen molar-refractivity contribution >= 4 is 17.3 Å². The molecule has 1 amide bonds. The van der Waals surface area contributed by atoms with Crippen LogP contribution in [0, 0.1) is 0 Å². The molecule has 5 heteroatoms. The Morgan fingerprint density at radius 1 is 1.10 bits per heavy atom. The summed E-state index contributed by atoms with van der Waals surface area (Å²) in [6, 6.07) is 16.0. The maximum Gasteiger partial charge on any atom is 0.222 e. The van der Waals surface area contributed by atoms with E-state index < -0.39 is 0 Å². The standard InChI is InChI=1S/C26H37N3O2/c1-3-10-20(15-18-26(30)29(2)21-11-6-4-7-12-21)28-25-19-23(16-17-24(25)27)31-22-13-8-5-9-14-22/h5,8-9,13-14,16-17,19-21,28H,3-4,6-7,10-12,15,18,27H2,1-2H3. The van der Waals surface area contributed by atoms with Crippen LogP contribution in [-0.2, 0) is 4.79 Å². The number of carbonyl (C=O) groups is 1. The van der Waals surface area contributed by atoms with E-state index in [1.165, 1.54) is 19.3 Å². The van der Waals surface area contributed by atoms with Gasteiger partial charge in [0, 0.05) is 31.6 Å². The van der Waals surface area contributed by atoms with Crippen molar-refractivity contribution < 1.29 is 9.53 Å². The van der Waals surface area contributed by atoms with Gasteiger partial charge in [0.25, 0.3) is 0 Å². The van der Waals surface area contributed by atoms with Crippen molar-refractivity contribution in [3.63, 3.8) is 0 Å². The lowest BCUT2D eigenvalue weighted by atomic mass is 9.94. The van der Waals surface area contributed by atoms with E-state index in [-0.39, 0.29) is 11.9 Å². The first-order chi connectivity index (χ1) is 15.1. The van der Waals surface area contributed by atoms with E-state index in [2.05, 4.69) is 12.2 Å². The van der Waals surface area contributed by atoms with Crippen molar-refractivity contribution in [3.8, 4) is 11.5 Å². The Balaban J connectivity index is 1.59. The SMILES string of the molecule is CCCC(CCC(=O)N(C)C1CCCCC1)Nc1cc(Oc2ccccc2)ccc1N. The molecule has 0 saturated heterocycles. The number of nitrogen functional groups attached to an aromatic ring is 1. The molecule has 3 N–H and O–H groups in total. The molecule has 2 aromatic carbocycles. The summed E-state index contributed by atoms with van der Waals surface area (Å²) in [6.45, 7) is 2.17. The second-order valence-corrected chi connectivity index (χ2v) is 8.63. The molecule has 1 atom stereocenters. The molecule has 1 aliphatic carbocycles. The highest BCUT2D eigenvalue weighted by atomic mass is 16.5. The largest absolute Gasteiger partial charge is 0.457 e. The Morgan fingerprint density at radius 2 is 1.84 bits per heavy atom. The van der Waals surface area contributed by atoms with Gasteiger partial charge in [-0.15, -0.1) is 0 Å². The number of rotatable bonds is 10. The van der Waals surface area contributed by atoms with E-state index in [9.17, 15) is 4.79 Å². The third kappa shape index (κ3) is 6.91. The van der Waals surface area contributed by atoms with Gasteiger partial charge in [-0.05, 0) is 49.9 Å². The fourth-order valence-corrected chi connectivity index (χ4v) is 4.35. The molecule has 168 valence electrons. The number of hydrogen-bond acceptors (Lipinski definition) is 4. The first-order valence-electron chi connectivity index (χ1n) is 11.7. The highest BCUT2D eigenvalue weighted by molar-refractivity contribution is 5.76. The highest BCUT2D eigenvalue weighted by Gasteiger charge is 2.22. The zero-order chi connectivity index (χ0) is 22.1. The van der Waals surface area contributed by atoms with E-state index in [1.807, 2.05) is 60.5 Å². The predicted molar refractivity (Wildman–Crippen MR) is 129 cm³/mol. The van der Waals surface area contributed by atoms with Gasteiger partial charge in [-0.1, -0.05) is 50.8 Å². The molecule has 0 spiro atoms. The van der Waals surface area contributed by atoms with E-state index in [1.54, 1.807) is 0 Å². The molecular weight excluding hydrogens is 386 g/mol. The number of benzene rings is 2. The summed E-state index contributed by atoms with van der Waals surface area (Å²) in [5, 5.41) is 3.57. The van der Waals surface area contributed by atoms with Gasteiger partial charge in [0.15, 0.2) is 0 Å². The molecule has 0 aliphatic heterocycles. The van der Waals surface area contributed by atoms with Crippen LogP contribution in [-0.4, -0.2) is 29.9 Å². The zero-order valence-corrected chi connectivity index (χ0v) is 19.0. The maximum absolute atomic E-state index is 12.8. The quantitative estimate of drug-likeness (QED) is 0.446. The number of nitrogens with one attached hydrogen (secondary N) is 1. The second-order valence-electron chi connectivity index (χ2n) is 8.63. The van der Waals surface area contributed by atoms with Gasteiger partial charge >= 0.3 is 0 Å². The number of nitrogens with two attached hydrogens (primary N) is 1. The number of carbonyl (C=O) groups excluding carboxylic acids is 1. The Hall–Kier alpha value is -2.69. The van der Waals surface area contributed by atoms with Crippen LogP contribution in [0.2, 0.25) is 0 Å². The molecule has 1 unspecified atom stereocenters. The number of hydrogen-bond donors (Lipinski definition) is 2. The van der Waals surface area contributed by atoms with Crippen molar-refractivity contribution in [2.24, 2.45) is 0 Å². The molecule has 1 fully saturated rings. The summed E-state index contributed by atoms with van der Waals surface area (Å²) in [6.07, 6.45) is 9.46. The van der Waals surface area contributed by atoms with Crippen molar-refractivity contribution in [3.05, 3.63) is 48.5 Å². The van der Waals surface area contributed by atoms with Gasteiger partial charge in [-0.3, -0.25) is 4.79 Å². The van der Waals surface area contributed by atoms with Crippen LogP contribution in [0.1, 0.15) is 64.7 Å². The topological polar surface area (TPSA) is 67.6 Å². The van der Waals surface area contributed by atoms with Crippen LogP contribution in [0.3, 0.4) is 0 Å². The number of anilines is 2. The van der Waals surface area contributed by atoms with Crippen LogP contribution >= 0.6 is 0 Å². The van der Waals surface area contributed by atoms with E-state index in [0.717, 1.165) is 49.3 Å². The van der Waals surface area contributed by atoms with Crippen LogP contribution in [0.25, 0.3) is 0 Å². The average Bonchev–Trinajstić information content (AvgIpc) is 2.80. The van der Waals surface area contributed by atoms with Crippen LogP contribution in [0.4, 0.5) is 11.4 Å². The van der Waals surface area contributed by atoms with Gasteiger partial charge in [0.05, 0.1) is 11.4 Å². The van der Waals surface area contributed by atoms with Crippen LogP contribution in [0.5, 0.6) is 11.5 Å². The molecule has 5 nitrogen and oxygen atoms in total. The normalized spacial score (nSPS) is 15.3. The van der Waals surface area contributed by atoms with Gasteiger partial charge < -0.3 is 20.7 Å². The summed E-state index contributed by atoms with van der Waals surface area (Å²) < 4.78 is 5.96. The highest BCUT2D eigenvalue weighted by Crippen LogP contribution is 2.30. The smallest absolute Gasteiger partial charge is 0.222 e. The van der Waals surface area contributed by atoms with Gasteiger partial charge in [0.2, 0.25) is 5.91 Å². The van der Waals surface area contributed by atoms with Gasteiger partial charge in [-0.2, -0.15) is 0 Å². The fraction of sp³-hybridized carbons (Fsp3) is 0.500. The lowest BCUT2D eigenvalue weighted by Gasteiger charge is -2.32. The van der Waals surface area contributed by atoms with Gasteiger partial charge in [0.1, 0.15) is 11.5 Å². The minimum Gasteiger partial charge on any atom is -0.457 e. The molecule has 0 bridgehead atoms. The molecular formula is C26H37N3O2. The third-order valence-corrected chi connectivity index (χ3v) is 6.22. The zero-order valence-electron chi connectivity index (χ0n) is 19.0. The lowest BCUT2D eigenvalue weighted by Crippen LogP contribution is -2.38. The van der Waals surface area contributed by atoms with E-state index >= 15 is 0 Å². The molecule has 1 saturated carbocycles. The number of amides is 1. The maximum atomic E-state index is 12.8. The van der Waals surface area contributed by atoms with E-state index in [4.69, 9.17) is 10.5 Å². The van der Waals surface area contributed by atoms with Crippen LogP contribution < -0.4 is 15.8 Å². The first-order valence-corrected chi connectivity index (χ1v) is 11.7. The van der Waals surface area contributed by atoms with Crippen molar-refractivity contribution in [2.75, 3.05) is 18.1 Å². The molecule has 31 heavy (non-hydrogen) atoms. The Labute approximate surface area is 187 Å². The number of para-hydroxylation sites is 1. The summed E-state index contributed by atoms with van der Waals surface area (Å²) >= 11 is 0. The first kappa shape index (κ1) is 23.0. The summed E-state index contributed by atoms with van der Waals surface area (Å²) in [4.78, 5) is 14.8. The molecule has 0 radical (unpaired) electrons. The molecule has 0 heterocycles. The minimum absolute atomic E-state index is 0.197. The molecule has 0 aromatic heterocycles. The van der Waals surface area contributed by atoms with Crippen molar-refractivity contribution in [2.45, 2.75) is 76.8 Å². The Kier molecular flexibility index (Phi) is 8.63. The number of ether oxygens (including phenoxy) is 1. The predicted octanol–water partition coefficient (Wildman–Crippen LogP) is 6.21. The van der Waals surface area contributed by atoms with Gasteiger partial charge in [-0.25, -0.2) is 0 Å².